The number of nitrogens with zero attached hydrogens (tertiary/aromatic N) is 3. The van der Waals surface area contributed by atoms with Gasteiger partial charge in [0.15, 0.2) is 5.17 Å². The minimum atomic E-state index is -0.195. The fourth-order valence-electron chi connectivity index (χ4n) is 3.91. The molecule has 1 amide bonds. The van der Waals surface area contributed by atoms with Crippen LogP contribution in [-0.4, -0.2) is 42.2 Å². The van der Waals surface area contributed by atoms with Crippen molar-refractivity contribution in [3.63, 3.8) is 0 Å². The van der Waals surface area contributed by atoms with Gasteiger partial charge in [0.25, 0.3) is 5.91 Å². The smallest absolute Gasteiger partial charge is 0.286 e. The molecule has 1 fully saturated rings. The molecule has 5 nitrogen and oxygen atoms in total. The second-order valence-corrected chi connectivity index (χ2v) is 8.65. The second-order valence-electron chi connectivity index (χ2n) is 7.64. The highest BCUT2D eigenvalue weighted by Gasteiger charge is 2.29. The highest BCUT2D eigenvalue weighted by Crippen LogP contribution is 2.32. The lowest BCUT2D eigenvalue weighted by molar-refractivity contribution is -0.113. The third-order valence-electron chi connectivity index (χ3n) is 5.57. The van der Waals surface area contributed by atoms with Crippen molar-refractivity contribution in [3.8, 4) is 11.3 Å². The summed E-state index contributed by atoms with van der Waals surface area (Å²) in [4.78, 5) is 22.0. The first-order valence-corrected chi connectivity index (χ1v) is 11.2. The van der Waals surface area contributed by atoms with Gasteiger partial charge in [0.1, 0.15) is 11.5 Å². The molecular formula is C25H23N3O2S. The molecular weight excluding hydrogens is 406 g/mol. The molecule has 0 saturated carbocycles. The molecule has 0 radical (unpaired) electrons. The van der Waals surface area contributed by atoms with Crippen LogP contribution in [0.5, 0.6) is 0 Å². The number of aliphatic imine (C=N–C) groups is 1. The van der Waals surface area contributed by atoms with Gasteiger partial charge in [-0.05, 0) is 42.4 Å². The standard InChI is InChI=1S/C25H23N3O2S/c1-18-7-5-6-10-21(18)27-13-15-28(16-14-27)25-26-24(29)23(31-25)17-20-11-12-22(30-20)19-8-3-2-4-9-19/h2-12,17H,13-16H2,1H3/b23-17-. The molecule has 0 N–H and O–H groups in total. The number of amides is 1. The van der Waals surface area contributed by atoms with Gasteiger partial charge in [-0.25, -0.2) is 0 Å². The Labute approximate surface area is 186 Å². The number of carbonyl (C=O) groups excluding carboxylic acids is 1. The Hall–Kier alpha value is -3.25. The SMILES string of the molecule is Cc1ccccc1N1CCN(C2=NC(=O)/C(=C/c3ccc(-c4ccccc4)o3)S2)CC1. The maximum absolute atomic E-state index is 12.5. The Morgan fingerprint density at radius 3 is 2.39 bits per heavy atom. The van der Waals surface area contributed by atoms with Gasteiger partial charge in [0.2, 0.25) is 0 Å². The van der Waals surface area contributed by atoms with Crippen LogP contribution in [0.1, 0.15) is 11.3 Å². The van der Waals surface area contributed by atoms with E-state index in [9.17, 15) is 4.79 Å². The molecule has 2 aromatic carbocycles. The number of benzene rings is 2. The second kappa shape index (κ2) is 8.47. The third kappa shape index (κ3) is 4.16. The maximum atomic E-state index is 12.5. The summed E-state index contributed by atoms with van der Waals surface area (Å²) < 4.78 is 5.92. The molecule has 1 saturated heterocycles. The number of thioether (sulfide) groups is 1. The monoisotopic (exact) mass is 429 g/mol. The fraction of sp³-hybridized carbons (Fsp3) is 0.200. The van der Waals surface area contributed by atoms with Gasteiger partial charge in [0, 0.05) is 43.5 Å². The van der Waals surface area contributed by atoms with Gasteiger partial charge < -0.3 is 14.2 Å². The zero-order valence-electron chi connectivity index (χ0n) is 17.3. The first-order valence-electron chi connectivity index (χ1n) is 10.4. The largest absolute Gasteiger partial charge is 0.457 e. The van der Waals surface area contributed by atoms with E-state index in [4.69, 9.17) is 4.42 Å². The highest BCUT2D eigenvalue weighted by molar-refractivity contribution is 8.18. The average Bonchev–Trinajstić information content (AvgIpc) is 3.42. The lowest BCUT2D eigenvalue weighted by Gasteiger charge is -2.37. The van der Waals surface area contributed by atoms with Crippen LogP contribution >= 0.6 is 11.8 Å². The molecule has 0 spiro atoms. The van der Waals surface area contributed by atoms with Crippen LogP contribution in [-0.2, 0) is 4.79 Å². The fourth-order valence-corrected chi connectivity index (χ4v) is 4.85. The highest BCUT2D eigenvalue weighted by atomic mass is 32.2. The van der Waals surface area contributed by atoms with Crippen LogP contribution in [0.25, 0.3) is 17.4 Å². The first kappa shape index (κ1) is 19.7. The van der Waals surface area contributed by atoms with E-state index in [1.54, 1.807) is 6.08 Å². The van der Waals surface area contributed by atoms with Crippen LogP contribution in [0.4, 0.5) is 5.69 Å². The van der Waals surface area contributed by atoms with Crippen LogP contribution in [0.15, 0.2) is 81.0 Å². The molecule has 2 aliphatic rings. The Morgan fingerprint density at radius 1 is 0.903 bits per heavy atom. The number of anilines is 1. The van der Waals surface area contributed by atoms with Crippen molar-refractivity contribution in [2.24, 2.45) is 4.99 Å². The summed E-state index contributed by atoms with van der Waals surface area (Å²) in [6.45, 7) is 5.66. The summed E-state index contributed by atoms with van der Waals surface area (Å²) in [5.74, 6) is 1.26. The molecule has 0 unspecified atom stereocenters. The van der Waals surface area contributed by atoms with E-state index >= 15 is 0 Å². The van der Waals surface area contributed by atoms with Gasteiger partial charge in [0.05, 0.1) is 4.91 Å². The molecule has 2 aliphatic heterocycles. The molecule has 0 aliphatic carbocycles. The quantitative estimate of drug-likeness (QED) is 0.546. The number of furan rings is 1. The van der Waals surface area contributed by atoms with Gasteiger partial charge in [-0.3, -0.25) is 4.79 Å². The Bertz CT molecular complexity index is 1160. The predicted molar refractivity (Wildman–Crippen MR) is 127 cm³/mol. The minimum absolute atomic E-state index is 0.195. The minimum Gasteiger partial charge on any atom is -0.457 e. The summed E-state index contributed by atoms with van der Waals surface area (Å²) in [5.41, 5.74) is 3.59. The van der Waals surface area contributed by atoms with E-state index in [0.717, 1.165) is 42.7 Å². The van der Waals surface area contributed by atoms with E-state index in [-0.39, 0.29) is 5.91 Å². The van der Waals surface area contributed by atoms with Crippen molar-refractivity contribution in [2.75, 3.05) is 31.1 Å². The average molecular weight is 430 g/mol. The number of piperazine rings is 1. The molecule has 0 bridgehead atoms. The van der Waals surface area contributed by atoms with E-state index in [1.165, 1.54) is 23.0 Å². The van der Waals surface area contributed by atoms with E-state index < -0.39 is 0 Å². The number of rotatable bonds is 3. The molecule has 156 valence electrons. The van der Waals surface area contributed by atoms with E-state index in [0.29, 0.717) is 10.7 Å². The lowest BCUT2D eigenvalue weighted by atomic mass is 10.1. The molecule has 3 heterocycles. The molecule has 6 heteroatoms. The number of aryl methyl sites for hydroxylation is 1. The summed E-state index contributed by atoms with van der Waals surface area (Å²) >= 11 is 1.43. The number of hydrogen-bond donors (Lipinski definition) is 0. The van der Waals surface area contributed by atoms with Gasteiger partial charge >= 0.3 is 0 Å². The zero-order chi connectivity index (χ0) is 21.2. The molecule has 3 aromatic rings. The first-order chi connectivity index (χ1) is 15.2. The Balaban J connectivity index is 1.24. The summed E-state index contributed by atoms with van der Waals surface area (Å²) in [6.07, 6.45) is 1.79. The molecule has 31 heavy (non-hydrogen) atoms. The van der Waals surface area contributed by atoms with Crippen LogP contribution in [0, 0.1) is 6.92 Å². The predicted octanol–water partition coefficient (Wildman–Crippen LogP) is 5.05. The van der Waals surface area contributed by atoms with Crippen LogP contribution in [0.3, 0.4) is 0 Å². The van der Waals surface area contributed by atoms with Crippen molar-refractivity contribution in [1.82, 2.24) is 4.90 Å². The van der Waals surface area contributed by atoms with E-state index in [2.05, 4.69) is 46.0 Å². The zero-order valence-corrected chi connectivity index (χ0v) is 18.1. The van der Waals surface area contributed by atoms with Gasteiger partial charge in [-0.2, -0.15) is 4.99 Å². The topological polar surface area (TPSA) is 49.0 Å². The normalized spacial score (nSPS) is 18.0. The summed E-state index contributed by atoms with van der Waals surface area (Å²) in [5, 5.41) is 0.788. The molecule has 0 atom stereocenters. The summed E-state index contributed by atoms with van der Waals surface area (Å²) in [7, 11) is 0. The van der Waals surface area contributed by atoms with Crippen molar-refractivity contribution >= 4 is 34.6 Å². The molecule has 1 aromatic heterocycles. The van der Waals surface area contributed by atoms with Crippen LogP contribution in [0.2, 0.25) is 0 Å². The Morgan fingerprint density at radius 2 is 1.61 bits per heavy atom. The van der Waals surface area contributed by atoms with Crippen molar-refractivity contribution in [2.45, 2.75) is 6.92 Å². The van der Waals surface area contributed by atoms with Crippen LogP contribution < -0.4 is 4.90 Å². The van der Waals surface area contributed by atoms with E-state index in [1.807, 2.05) is 42.5 Å². The number of amidine groups is 1. The summed E-state index contributed by atoms with van der Waals surface area (Å²) in [6, 6.07) is 22.2. The maximum Gasteiger partial charge on any atom is 0.286 e. The van der Waals surface area contributed by atoms with Crippen molar-refractivity contribution < 1.29 is 9.21 Å². The van der Waals surface area contributed by atoms with Gasteiger partial charge in [-0.15, -0.1) is 0 Å². The third-order valence-corrected chi connectivity index (χ3v) is 6.62. The van der Waals surface area contributed by atoms with Gasteiger partial charge in [-0.1, -0.05) is 48.5 Å². The van der Waals surface area contributed by atoms with Crippen molar-refractivity contribution in [3.05, 3.63) is 83.0 Å². The molecule has 5 rings (SSSR count). The van der Waals surface area contributed by atoms with Crippen molar-refractivity contribution in [1.29, 1.82) is 0 Å². The Kier molecular flexibility index (Phi) is 5.38. The number of hydrogen-bond acceptors (Lipinski definition) is 5. The number of para-hydroxylation sites is 1. The number of carbonyl (C=O) groups is 1. The lowest BCUT2D eigenvalue weighted by Crippen LogP contribution is -2.48.